The van der Waals surface area contributed by atoms with Crippen LogP contribution in [0.15, 0.2) is 24.3 Å². The fraction of sp³-hybridized carbons (Fsp3) is 0.667. The van der Waals surface area contributed by atoms with Crippen LogP contribution in [-0.4, -0.2) is 5.11 Å². The Kier molecular flexibility index (Phi) is 4.06. The fourth-order valence-corrected chi connectivity index (χ4v) is 3.18. The van der Waals surface area contributed by atoms with Crippen LogP contribution in [0.1, 0.15) is 77.0 Å². The van der Waals surface area contributed by atoms with E-state index >= 15 is 0 Å². The third-order valence-corrected chi connectivity index (χ3v) is 5.30. The summed E-state index contributed by atoms with van der Waals surface area (Å²) in [4.78, 5) is 0. The largest absolute Gasteiger partial charge is 0.388 e. The Labute approximate surface area is 118 Å². The van der Waals surface area contributed by atoms with E-state index in [0.717, 1.165) is 24.8 Å². The molecule has 106 valence electrons. The summed E-state index contributed by atoms with van der Waals surface area (Å²) in [7, 11) is 0. The Morgan fingerprint density at radius 2 is 1.68 bits per heavy atom. The van der Waals surface area contributed by atoms with E-state index in [-0.39, 0.29) is 16.9 Å². The SMILES string of the molecule is CCC(C)(C)c1ccc(C(O)C2(C)CCCC2)cc1. The van der Waals surface area contributed by atoms with Gasteiger partial charge in [0, 0.05) is 0 Å². The second-order valence-corrected chi connectivity index (χ2v) is 7.12. The highest BCUT2D eigenvalue weighted by Gasteiger charge is 2.36. The molecule has 0 aliphatic heterocycles. The van der Waals surface area contributed by atoms with Crippen molar-refractivity contribution in [1.82, 2.24) is 0 Å². The van der Waals surface area contributed by atoms with Gasteiger partial charge in [0.1, 0.15) is 0 Å². The van der Waals surface area contributed by atoms with Gasteiger partial charge in [-0.15, -0.1) is 0 Å². The van der Waals surface area contributed by atoms with Gasteiger partial charge in [-0.05, 0) is 41.2 Å². The minimum Gasteiger partial charge on any atom is -0.388 e. The van der Waals surface area contributed by atoms with E-state index in [1.54, 1.807) is 0 Å². The molecule has 1 N–H and O–H groups in total. The van der Waals surface area contributed by atoms with E-state index < -0.39 is 0 Å². The maximum atomic E-state index is 10.6. The van der Waals surface area contributed by atoms with Crippen molar-refractivity contribution in [2.24, 2.45) is 5.41 Å². The molecule has 1 nitrogen and oxygen atoms in total. The predicted octanol–water partition coefficient (Wildman–Crippen LogP) is 4.99. The van der Waals surface area contributed by atoms with Crippen LogP contribution in [0.4, 0.5) is 0 Å². The minimum absolute atomic E-state index is 0.0851. The molecule has 0 bridgehead atoms. The van der Waals surface area contributed by atoms with E-state index in [1.165, 1.54) is 18.4 Å². The Morgan fingerprint density at radius 1 is 1.16 bits per heavy atom. The van der Waals surface area contributed by atoms with Crippen molar-refractivity contribution >= 4 is 0 Å². The second kappa shape index (κ2) is 5.28. The quantitative estimate of drug-likeness (QED) is 0.808. The summed E-state index contributed by atoms with van der Waals surface area (Å²) in [6, 6.07) is 8.64. The maximum Gasteiger partial charge on any atom is 0.0843 e. The van der Waals surface area contributed by atoms with Gasteiger partial charge in [0.2, 0.25) is 0 Å². The first-order valence-corrected chi connectivity index (χ1v) is 7.67. The van der Waals surface area contributed by atoms with Crippen LogP contribution in [0.2, 0.25) is 0 Å². The van der Waals surface area contributed by atoms with E-state index in [9.17, 15) is 5.11 Å². The number of aliphatic hydroxyl groups is 1. The van der Waals surface area contributed by atoms with Crippen molar-refractivity contribution in [2.45, 2.75) is 71.3 Å². The molecule has 0 aromatic heterocycles. The van der Waals surface area contributed by atoms with Gasteiger partial charge in [-0.2, -0.15) is 0 Å². The van der Waals surface area contributed by atoms with Crippen LogP contribution in [0.3, 0.4) is 0 Å². The van der Waals surface area contributed by atoms with Crippen LogP contribution >= 0.6 is 0 Å². The monoisotopic (exact) mass is 260 g/mol. The lowest BCUT2D eigenvalue weighted by molar-refractivity contribution is 0.0408. The highest BCUT2D eigenvalue weighted by Crippen LogP contribution is 2.47. The van der Waals surface area contributed by atoms with Gasteiger partial charge >= 0.3 is 0 Å². The Morgan fingerprint density at radius 3 is 2.16 bits per heavy atom. The lowest BCUT2D eigenvalue weighted by Crippen LogP contribution is -2.22. The molecule has 19 heavy (non-hydrogen) atoms. The van der Waals surface area contributed by atoms with E-state index in [4.69, 9.17) is 0 Å². The standard InChI is InChI=1S/C18H28O/c1-5-17(2,3)15-10-8-14(9-11-15)16(19)18(4)12-6-7-13-18/h8-11,16,19H,5-7,12-13H2,1-4H3. The van der Waals surface area contributed by atoms with Crippen LogP contribution < -0.4 is 0 Å². The lowest BCUT2D eigenvalue weighted by atomic mass is 9.77. The molecular weight excluding hydrogens is 232 g/mol. The molecular formula is C18H28O. The molecule has 0 heterocycles. The highest BCUT2D eigenvalue weighted by molar-refractivity contribution is 5.30. The molecule has 1 aromatic carbocycles. The Balaban J connectivity index is 2.18. The van der Waals surface area contributed by atoms with Crippen LogP contribution in [0.25, 0.3) is 0 Å². The first-order valence-electron chi connectivity index (χ1n) is 7.67. The first kappa shape index (κ1) is 14.6. The van der Waals surface area contributed by atoms with Crippen LogP contribution in [0, 0.1) is 5.41 Å². The fourth-order valence-electron chi connectivity index (χ4n) is 3.18. The number of aliphatic hydroxyl groups excluding tert-OH is 1. The summed E-state index contributed by atoms with van der Waals surface area (Å²) in [6.45, 7) is 9.00. The average molecular weight is 260 g/mol. The van der Waals surface area contributed by atoms with Gasteiger partial charge in [-0.3, -0.25) is 0 Å². The maximum absolute atomic E-state index is 10.6. The zero-order valence-corrected chi connectivity index (χ0v) is 12.9. The molecule has 0 radical (unpaired) electrons. The lowest BCUT2D eigenvalue weighted by Gasteiger charge is -2.31. The highest BCUT2D eigenvalue weighted by atomic mass is 16.3. The van der Waals surface area contributed by atoms with Gasteiger partial charge in [0.25, 0.3) is 0 Å². The molecule has 1 saturated carbocycles. The zero-order valence-electron chi connectivity index (χ0n) is 12.9. The first-order chi connectivity index (χ1) is 8.89. The molecule has 1 aliphatic rings. The normalized spacial score (nSPS) is 20.5. The topological polar surface area (TPSA) is 20.2 Å². The van der Waals surface area contributed by atoms with Crippen LogP contribution in [0.5, 0.6) is 0 Å². The van der Waals surface area contributed by atoms with Gasteiger partial charge in [0.15, 0.2) is 0 Å². The smallest absolute Gasteiger partial charge is 0.0843 e. The molecule has 1 heteroatoms. The molecule has 0 spiro atoms. The summed E-state index contributed by atoms with van der Waals surface area (Å²) in [5.74, 6) is 0. The van der Waals surface area contributed by atoms with Crippen molar-refractivity contribution in [3.63, 3.8) is 0 Å². The number of benzene rings is 1. The van der Waals surface area contributed by atoms with Crippen LogP contribution in [-0.2, 0) is 5.41 Å². The minimum atomic E-state index is -0.311. The summed E-state index contributed by atoms with van der Waals surface area (Å²) in [5, 5.41) is 10.6. The molecule has 1 atom stereocenters. The van der Waals surface area contributed by atoms with E-state index in [2.05, 4.69) is 52.0 Å². The molecule has 1 unspecified atom stereocenters. The molecule has 2 rings (SSSR count). The molecule has 1 aromatic rings. The predicted molar refractivity (Wildman–Crippen MR) is 81.3 cm³/mol. The van der Waals surface area contributed by atoms with E-state index in [0.29, 0.717) is 0 Å². The summed E-state index contributed by atoms with van der Waals surface area (Å²) in [5.41, 5.74) is 2.75. The number of hydrogen-bond acceptors (Lipinski definition) is 1. The number of hydrogen-bond donors (Lipinski definition) is 1. The molecule has 1 aliphatic carbocycles. The van der Waals surface area contributed by atoms with Crippen molar-refractivity contribution in [1.29, 1.82) is 0 Å². The summed E-state index contributed by atoms with van der Waals surface area (Å²) >= 11 is 0. The molecule has 0 saturated heterocycles. The third-order valence-electron chi connectivity index (χ3n) is 5.30. The number of rotatable bonds is 4. The van der Waals surface area contributed by atoms with Gasteiger partial charge in [0.05, 0.1) is 6.10 Å². The zero-order chi connectivity index (χ0) is 14.1. The summed E-state index contributed by atoms with van der Waals surface area (Å²) < 4.78 is 0. The van der Waals surface area contributed by atoms with Crippen molar-refractivity contribution < 1.29 is 5.11 Å². The second-order valence-electron chi connectivity index (χ2n) is 7.12. The van der Waals surface area contributed by atoms with E-state index in [1.807, 2.05) is 0 Å². The van der Waals surface area contributed by atoms with Crippen molar-refractivity contribution in [3.05, 3.63) is 35.4 Å². The Bertz CT molecular complexity index is 410. The van der Waals surface area contributed by atoms with Gasteiger partial charge < -0.3 is 5.11 Å². The Hall–Kier alpha value is -0.820. The van der Waals surface area contributed by atoms with Gasteiger partial charge in [-0.25, -0.2) is 0 Å². The molecule has 0 amide bonds. The van der Waals surface area contributed by atoms with Crippen molar-refractivity contribution in [2.75, 3.05) is 0 Å². The average Bonchev–Trinajstić information content (AvgIpc) is 2.86. The third kappa shape index (κ3) is 2.86. The van der Waals surface area contributed by atoms with Crippen molar-refractivity contribution in [3.8, 4) is 0 Å². The summed E-state index contributed by atoms with van der Waals surface area (Å²) in [6.07, 6.45) is 5.64. The molecule has 1 fully saturated rings. The van der Waals surface area contributed by atoms with Gasteiger partial charge in [-0.1, -0.05) is 64.8 Å².